The molecule has 0 aliphatic heterocycles. The molecule has 1 heterocycles. The number of thiazole rings is 1. The molecule has 0 aliphatic rings. The molecule has 5 heteroatoms. The molecular formula is C11H18N2O2S. The minimum Gasteiger partial charge on any atom is -0.466 e. The van der Waals surface area contributed by atoms with Gasteiger partial charge in [0.05, 0.1) is 18.7 Å². The molecule has 4 nitrogen and oxygen atoms in total. The number of esters is 1. The van der Waals surface area contributed by atoms with E-state index < -0.39 is 0 Å². The van der Waals surface area contributed by atoms with E-state index >= 15 is 0 Å². The number of unbranched alkanes of at least 4 members (excludes halogenated alkanes) is 1. The van der Waals surface area contributed by atoms with Crippen molar-refractivity contribution in [1.82, 2.24) is 4.98 Å². The standard InChI is InChI=1S/C11H18N2O2S/c1-3-5-6-12-11-13-9(8-16-11)7-10(14)15-4-2/h8H,3-7H2,1-2H3,(H,12,13). The number of carbonyl (C=O) groups is 1. The minimum atomic E-state index is -0.215. The summed E-state index contributed by atoms with van der Waals surface area (Å²) in [6.45, 7) is 5.31. The predicted octanol–water partition coefficient (Wildman–Crippen LogP) is 2.46. The molecule has 1 aromatic rings. The van der Waals surface area contributed by atoms with E-state index in [2.05, 4.69) is 17.2 Å². The molecule has 1 aromatic heterocycles. The Balaban J connectivity index is 2.36. The maximum absolute atomic E-state index is 11.2. The summed E-state index contributed by atoms with van der Waals surface area (Å²) >= 11 is 1.53. The molecule has 16 heavy (non-hydrogen) atoms. The number of ether oxygens (including phenoxy) is 1. The summed E-state index contributed by atoms with van der Waals surface area (Å²) in [7, 11) is 0. The first kappa shape index (κ1) is 13.0. The van der Waals surface area contributed by atoms with Gasteiger partial charge in [-0.25, -0.2) is 4.98 Å². The van der Waals surface area contributed by atoms with Gasteiger partial charge in [0.2, 0.25) is 0 Å². The van der Waals surface area contributed by atoms with Gasteiger partial charge >= 0.3 is 5.97 Å². The van der Waals surface area contributed by atoms with E-state index in [4.69, 9.17) is 4.74 Å². The molecule has 0 radical (unpaired) electrons. The number of hydrogen-bond donors (Lipinski definition) is 1. The van der Waals surface area contributed by atoms with Gasteiger partial charge in [-0.15, -0.1) is 11.3 Å². The molecule has 0 aliphatic carbocycles. The maximum Gasteiger partial charge on any atom is 0.311 e. The summed E-state index contributed by atoms with van der Waals surface area (Å²) in [4.78, 5) is 15.5. The van der Waals surface area contributed by atoms with E-state index in [0.717, 1.165) is 30.2 Å². The van der Waals surface area contributed by atoms with Gasteiger partial charge in [0.15, 0.2) is 5.13 Å². The molecule has 0 saturated heterocycles. The molecule has 0 aromatic carbocycles. The lowest BCUT2D eigenvalue weighted by molar-refractivity contribution is -0.142. The Hall–Kier alpha value is -1.10. The Morgan fingerprint density at radius 3 is 3.06 bits per heavy atom. The van der Waals surface area contributed by atoms with Crippen LogP contribution in [-0.4, -0.2) is 24.1 Å². The predicted molar refractivity (Wildman–Crippen MR) is 65.8 cm³/mol. The first-order chi connectivity index (χ1) is 7.76. The van der Waals surface area contributed by atoms with Crippen LogP contribution in [0.25, 0.3) is 0 Å². The third kappa shape index (κ3) is 4.61. The molecule has 0 spiro atoms. The van der Waals surface area contributed by atoms with Crippen LogP contribution in [0, 0.1) is 0 Å². The van der Waals surface area contributed by atoms with Gasteiger partial charge in [0, 0.05) is 11.9 Å². The highest BCUT2D eigenvalue weighted by Crippen LogP contribution is 2.16. The zero-order valence-electron chi connectivity index (χ0n) is 9.78. The lowest BCUT2D eigenvalue weighted by Crippen LogP contribution is -2.08. The second-order valence-electron chi connectivity index (χ2n) is 3.41. The summed E-state index contributed by atoms with van der Waals surface area (Å²) < 4.78 is 4.86. The second kappa shape index (κ2) is 7.22. The fraction of sp³-hybridized carbons (Fsp3) is 0.636. The van der Waals surface area contributed by atoms with Crippen molar-refractivity contribution in [2.45, 2.75) is 33.1 Å². The average Bonchev–Trinajstić information content (AvgIpc) is 2.66. The molecule has 1 N–H and O–H groups in total. The van der Waals surface area contributed by atoms with Crippen molar-refractivity contribution < 1.29 is 9.53 Å². The van der Waals surface area contributed by atoms with Crippen molar-refractivity contribution >= 4 is 22.4 Å². The first-order valence-electron chi connectivity index (χ1n) is 5.60. The van der Waals surface area contributed by atoms with E-state index in [-0.39, 0.29) is 12.4 Å². The normalized spacial score (nSPS) is 10.1. The highest BCUT2D eigenvalue weighted by molar-refractivity contribution is 7.13. The number of anilines is 1. The number of nitrogens with zero attached hydrogens (tertiary/aromatic N) is 1. The van der Waals surface area contributed by atoms with Gasteiger partial charge < -0.3 is 10.1 Å². The number of carbonyl (C=O) groups excluding carboxylic acids is 1. The third-order valence-electron chi connectivity index (χ3n) is 1.99. The van der Waals surface area contributed by atoms with E-state index in [1.165, 1.54) is 11.3 Å². The van der Waals surface area contributed by atoms with Crippen LogP contribution in [0.15, 0.2) is 5.38 Å². The molecule has 0 amide bonds. The first-order valence-corrected chi connectivity index (χ1v) is 6.48. The van der Waals surface area contributed by atoms with Crippen LogP contribution in [0.4, 0.5) is 5.13 Å². The molecule has 0 atom stereocenters. The summed E-state index contributed by atoms with van der Waals surface area (Å²) in [5.74, 6) is -0.215. The van der Waals surface area contributed by atoms with Gasteiger partial charge in [-0.2, -0.15) is 0 Å². The zero-order valence-corrected chi connectivity index (χ0v) is 10.6. The smallest absolute Gasteiger partial charge is 0.311 e. The van der Waals surface area contributed by atoms with Crippen LogP contribution in [0.3, 0.4) is 0 Å². The highest BCUT2D eigenvalue weighted by atomic mass is 32.1. The van der Waals surface area contributed by atoms with E-state index in [1.54, 1.807) is 6.92 Å². The monoisotopic (exact) mass is 242 g/mol. The molecule has 0 unspecified atom stereocenters. The van der Waals surface area contributed by atoms with E-state index in [9.17, 15) is 4.79 Å². The minimum absolute atomic E-state index is 0.215. The SMILES string of the molecule is CCCCNc1nc(CC(=O)OCC)cs1. The van der Waals surface area contributed by atoms with Crippen LogP contribution in [0.1, 0.15) is 32.4 Å². The van der Waals surface area contributed by atoms with Gasteiger partial charge in [-0.1, -0.05) is 13.3 Å². The summed E-state index contributed by atoms with van der Waals surface area (Å²) in [5, 5.41) is 6.00. The van der Waals surface area contributed by atoms with Crippen LogP contribution in [0.2, 0.25) is 0 Å². The Morgan fingerprint density at radius 1 is 1.56 bits per heavy atom. The largest absolute Gasteiger partial charge is 0.466 e. The molecule has 1 rings (SSSR count). The highest BCUT2D eigenvalue weighted by Gasteiger charge is 2.07. The fourth-order valence-electron chi connectivity index (χ4n) is 1.20. The number of nitrogens with one attached hydrogen (secondary N) is 1. The Bertz CT molecular complexity index is 326. The van der Waals surface area contributed by atoms with Gasteiger partial charge in [0.1, 0.15) is 0 Å². The van der Waals surface area contributed by atoms with Crippen molar-refractivity contribution in [1.29, 1.82) is 0 Å². The molecular weight excluding hydrogens is 224 g/mol. The Kier molecular flexibility index (Phi) is 5.85. The van der Waals surface area contributed by atoms with Crippen molar-refractivity contribution in [3.8, 4) is 0 Å². The molecule has 0 bridgehead atoms. The van der Waals surface area contributed by atoms with Gasteiger partial charge in [0.25, 0.3) is 0 Å². The zero-order chi connectivity index (χ0) is 11.8. The second-order valence-corrected chi connectivity index (χ2v) is 4.26. The number of aromatic nitrogens is 1. The van der Waals surface area contributed by atoms with E-state index in [0.29, 0.717) is 6.61 Å². The number of rotatable bonds is 7. The lowest BCUT2D eigenvalue weighted by atomic mass is 10.3. The Labute approximate surface area is 100 Å². The van der Waals surface area contributed by atoms with Gasteiger partial charge in [-0.3, -0.25) is 4.79 Å². The molecule has 0 fully saturated rings. The van der Waals surface area contributed by atoms with Crippen molar-refractivity contribution in [3.05, 3.63) is 11.1 Å². The Morgan fingerprint density at radius 2 is 2.38 bits per heavy atom. The van der Waals surface area contributed by atoms with Crippen molar-refractivity contribution in [2.24, 2.45) is 0 Å². The molecule has 0 saturated carbocycles. The maximum atomic E-state index is 11.2. The van der Waals surface area contributed by atoms with Crippen LogP contribution >= 0.6 is 11.3 Å². The fourth-order valence-corrected chi connectivity index (χ4v) is 1.94. The summed E-state index contributed by atoms with van der Waals surface area (Å²) in [6.07, 6.45) is 2.56. The van der Waals surface area contributed by atoms with Crippen LogP contribution < -0.4 is 5.32 Å². The third-order valence-corrected chi connectivity index (χ3v) is 2.84. The lowest BCUT2D eigenvalue weighted by Gasteiger charge is -2.00. The van der Waals surface area contributed by atoms with Crippen molar-refractivity contribution in [2.75, 3.05) is 18.5 Å². The number of hydrogen-bond acceptors (Lipinski definition) is 5. The summed E-state index contributed by atoms with van der Waals surface area (Å²) in [6, 6.07) is 0. The van der Waals surface area contributed by atoms with Crippen molar-refractivity contribution in [3.63, 3.8) is 0 Å². The van der Waals surface area contributed by atoms with Gasteiger partial charge in [-0.05, 0) is 13.3 Å². The van der Waals surface area contributed by atoms with E-state index in [1.807, 2.05) is 5.38 Å². The van der Waals surface area contributed by atoms with Crippen LogP contribution in [-0.2, 0) is 16.0 Å². The quantitative estimate of drug-likeness (QED) is 0.589. The molecule has 90 valence electrons. The van der Waals surface area contributed by atoms with Crippen LogP contribution in [0.5, 0.6) is 0 Å². The summed E-state index contributed by atoms with van der Waals surface area (Å²) in [5.41, 5.74) is 0.780. The topological polar surface area (TPSA) is 51.2 Å². The average molecular weight is 242 g/mol.